The number of nitrogens with one attached hydrogen (secondary N) is 7. The Balaban J connectivity index is 0.00000145. The van der Waals surface area contributed by atoms with Crippen LogP contribution in [0.4, 0.5) is 37.1 Å². The van der Waals surface area contributed by atoms with Crippen molar-refractivity contribution in [1.29, 1.82) is 6.86 Å². The van der Waals surface area contributed by atoms with E-state index in [-0.39, 0.29) is 12.8 Å². The van der Waals surface area contributed by atoms with Crippen molar-refractivity contribution in [3.8, 4) is 0 Å². The second kappa shape index (κ2) is 30.1. The van der Waals surface area contributed by atoms with Gasteiger partial charge in [0.05, 0.1) is 24.2 Å². The van der Waals surface area contributed by atoms with Gasteiger partial charge in [0.15, 0.2) is 11.9 Å². The number of rotatable bonds is 4. The quantitative estimate of drug-likeness (QED) is 0.0546. The number of aliphatic hydroxyl groups excluding tert-OH is 9. The second-order valence-electron chi connectivity index (χ2n) is 21.7. The molecule has 24 N–H and O–H groups in total. The number of aliphatic hydroxyl groups is 9. The van der Waals surface area contributed by atoms with Crippen molar-refractivity contribution >= 4 is 54.1 Å². The van der Waals surface area contributed by atoms with E-state index in [2.05, 4.69) is 47.7 Å². The lowest BCUT2D eigenvalue weighted by Crippen LogP contribution is -2.62. The van der Waals surface area contributed by atoms with Crippen molar-refractivity contribution in [3.63, 3.8) is 0 Å². The molecule has 80 heavy (non-hydrogen) atoms. The Labute approximate surface area is 457 Å². The summed E-state index contributed by atoms with van der Waals surface area (Å²) >= 11 is 0. The van der Waals surface area contributed by atoms with Crippen LogP contribution >= 0.6 is 0 Å². The van der Waals surface area contributed by atoms with Crippen LogP contribution in [0.2, 0.25) is 0 Å². The van der Waals surface area contributed by atoms with Gasteiger partial charge in [-0.2, -0.15) is 13.2 Å². The number of hydrogen-bond donors (Lipinski definition) is 20. The van der Waals surface area contributed by atoms with Crippen LogP contribution in [-0.2, 0) is 28.5 Å². The van der Waals surface area contributed by atoms with Crippen LogP contribution in [0, 0.1) is 5.41 Å². The van der Waals surface area contributed by atoms with Crippen LogP contribution in [0.25, 0.3) is 0 Å². The van der Waals surface area contributed by atoms with Gasteiger partial charge in [0.2, 0.25) is 11.9 Å². The highest BCUT2D eigenvalue weighted by Crippen LogP contribution is 2.27. The lowest BCUT2D eigenvalue weighted by atomic mass is 9.84. The zero-order valence-corrected chi connectivity index (χ0v) is 45.8. The summed E-state index contributed by atoms with van der Waals surface area (Å²) in [5.74, 6) is -4.80. The van der Waals surface area contributed by atoms with Gasteiger partial charge in [-0.05, 0) is 95.9 Å². The van der Waals surface area contributed by atoms with E-state index in [0.717, 1.165) is 0 Å². The molecule has 0 spiro atoms. The first-order valence-corrected chi connectivity index (χ1v) is 23.9. The standard InChI is InChI=1S/C28H50N6O11.C10H17F3N6O4.C5H12N2O4.FH/c1-25(2,3)42-21(38)31-19(32-22(39)43-26(4,5)6)29-14-13-15(17(36)18(37)16(14)35)30-20(33-23(40)44-27(7,8)9)34-24(41)45-28(10,11)12;11-10(12,13)7(23)19-9(16)18-3-1-2(17-8(14)15)4(20)6(22)5(3)21;6-4-2(9)1(8)3(10)5(7)11-4;/h14-18,35-37H,13H2,1-12H3,(H2,29,31,32,38,39)(H2,30,33,34,40,41);2-6,20-22H,1H2,(H4,14,15,17)(H3,16,18,19,23);1-5,8-10H,6-7H2;1H/i/hT. The molecule has 13 atom stereocenters. The first-order chi connectivity index (χ1) is 36.6. The van der Waals surface area contributed by atoms with Gasteiger partial charge in [0, 0.05) is 0 Å². The summed E-state index contributed by atoms with van der Waals surface area (Å²) in [6.45, 7) is 19.4. The molecule has 0 aromatic rings. The maximum Gasteiger partial charge on any atom is 0.471 e. The van der Waals surface area contributed by atoms with E-state index >= 15 is 0 Å². The maximum absolute atomic E-state index is 12.5. The molecule has 2 aliphatic carbocycles. The number of carbonyl (C=O) groups excluding carboxylic acids is 5. The molecule has 5 amide bonds. The highest BCUT2D eigenvalue weighted by atomic mass is 19.4. The van der Waals surface area contributed by atoms with E-state index in [1.165, 1.54) is 5.32 Å². The third-order valence-corrected chi connectivity index (χ3v) is 9.87. The van der Waals surface area contributed by atoms with Crippen LogP contribution in [0.3, 0.4) is 0 Å². The summed E-state index contributed by atoms with van der Waals surface area (Å²) in [7, 11) is 0. The van der Waals surface area contributed by atoms with E-state index in [4.69, 9.17) is 67.3 Å². The molecule has 1 saturated heterocycles. The molecule has 2 saturated carbocycles. The Bertz CT molecular complexity index is 2010. The minimum absolute atomic E-state index is 0.207. The highest BCUT2D eigenvalue weighted by Gasteiger charge is 2.46. The molecule has 1 heterocycles. The Morgan fingerprint density at radius 3 is 1.09 bits per heavy atom. The molecule has 0 aromatic heterocycles. The number of hydrogen-bond acceptors (Lipinski definition) is 25. The number of alkyl carbamates (subject to hydrolysis) is 4. The Morgan fingerprint density at radius 2 is 0.800 bits per heavy atom. The van der Waals surface area contributed by atoms with Gasteiger partial charge in [-0.3, -0.25) is 41.5 Å². The van der Waals surface area contributed by atoms with E-state index in [9.17, 15) is 67.8 Å². The third kappa shape index (κ3) is 26.9. The second-order valence-corrected chi connectivity index (χ2v) is 21.7. The number of halogens is 4. The van der Waals surface area contributed by atoms with E-state index in [1.54, 1.807) is 83.1 Å². The normalized spacial score (nSPS) is 28.7. The summed E-state index contributed by atoms with van der Waals surface area (Å²) in [6, 6.07) is -4.84. The number of ether oxygens (including phenoxy) is 5. The number of alkyl halides is 3. The van der Waals surface area contributed by atoms with Crippen LogP contribution in [0.5, 0.6) is 0 Å². The fourth-order valence-corrected chi connectivity index (χ4v) is 6.58. The molecule has 13 unspecified atom stereocenters. The minimum Gasteiger partial charge on any atom is -0.444 e. The van der Waals surface area contributed by atoms with Gasteiger partial charge in [0.25, 0.3) is 1.45 Å². The first kappa shape index (κ1) is 71.9. The van der Waals surface area contributed by atoms with Crippen molar-refractivity contribution in [2.75, 3.05) is 0 Å². The zero-order valence-electron chi connectivity index (χ0n) is 46.8. The van der Waals surface area contributed by atoms with Crippen molar-refractivity contribution in [2.45, 2.75) is 216 Å². The van der Waals surface area contributed by atoms with Crippen LogP contribution in [0.1, 0.15) is 95.9 Å². The molecule has 0 aromatic carbocycles. The topological polar surface area (TPSA) is 551 Å². The molecule has 464 valence electrons. The average molecular weight is 1180 g/mol. The van der Waals surface area contributed by atoms with Crippen LogP contribution in [0.15, 0.2) is 15.0 Å². The molecule has 0 bridgehead atoms. The van der Waals surface area contributed by atoms with Crippen molar-refractivity contribution < 1.29 is 112 Å². The lowest BCUT2D eigenvalue weighted by Gasteiger charge is -2.39. The van der Waals surface area contributed by atoms with Crippen LogP contribution in [-0.4, -0.2) is 222 Å². The molecular formula is C43H80F4N14O19. The maximum atomic E-state index is 12.5. The summed E-state index contributed by atoms with van der Waals surface area (Å²) < 4.78 is 74.8. The third-order valence-electron chi connectivity index (χ3n) is 9.87. The summed E-state index contributed by atoms with van der Waals surface area (Å²) in [5.41, 5.74) is 17.1. The number of carbonyl (C=O) groups is 5. The van der Waals surface area contributed by atoms with E-state index in [0.29, 0.717) is 0 Å². The number of nitrogens with zero attached hydrogens (tertiary/aromatic N) is 3. The predicted octanol–water partition coefficient (Wildman–Crippen LogP) is -4.47. The average Bonchev–Trinajstić information content (AvgIpc) is 3.27. The Morgan fingerprint density at radius 1 is 0.512 bits per heavy atom. The molecule has 0 radical (unpaired) electrons. The zero-order chi connectivity index (χ0) is 63.7. The Kier molecular flexibility index (Phi) is 27.0. The number of nitrogens with two attached hydrogens (primary N) is 4. The highest BCUT2D eigenvalue weighted by molar-refractivity contribution is 6.02. The summed E-state index contributed by atoms with van der Waals surface area (Å²) in [5, 5.41) is 108. The SMILES string of the molecule is CC(C)(C)OC(=O)NC(=NC1CC(N=C(NC(=O)OC(C)(C)C)NC(=O)OC(C)(C)C)C(O)C(O)C1O)NC(=O)OC(C)(C)C.N=C(NC(=O)C(F)(F)F)NC1CC(N=C(N)N)C(O)C(O)C1O.NC1OC(N)C(O)C(O)C1O.[3H]F. The summed E-state index contributed by atoms with van der Waals surface area (Å²) in [6.07, 6.45) is -25.8. The van der Waals surface area contributed by atoms with Gasteiger partial charge in [-0.25, -0.2) is 34.2 Å². The largest absolute Gasteiger partial charge is 0.471 e. The van der Waals surface area contributed by atoms with Crippen LogP contribution < -0.4 is 54.8 Å². The predicted molar refractivity (Wildman–Crippen MR) is 271 cm³/mol. The summed E-state index contributed by atoms with van der Waals surface area (Å²) in [4.78, 5) is 72.7. The number of aliphatic imine (C=N–C) groups is 3. The molecule has 37 heteroatoms. The molecule has 3 rings (SSSR count). The first-order valence-electron chi connectivity index (χ1n) is 24.3. The number of guanidine groups is 4. The van der Waals surface area contributed by atoms with Gasteiger partial charge in [-0.15, -0.1) is 0 Å². The minimum atomic E-state index is -5.18. The van der Waals surface area contributed by atoms with Crippen molar-refractivity contribution in [2.24, 2.45) is 37.9 Å². The van der Waals surface area contributed by atoms with Gasteiger partial charge < -0.3 is 97.9 Å². The van der Waals surface area contributed by atoms with E-state index in [1.807, 2.05) is 0 Å². The number of amides is 5. The van der Waals surface area contributed by atoms with E-state index < -0.39 is 174 Å². The van der Waals surface area contributed by atoms with Gasteiger partial charge in [-0.1, -0.05) is 0 Å². The molecule has 3 fully saturated rings. The lowest BCUT2D eigenvalue weighted by molar-refractivity contribution is -0.218. The molecule has 3 aliphatic rings. The monoisotopic (exact) mass is 1170 g/mol. The fourth-order valence-electron chi connectivity index (χ4n) is 6.58. The molecular weight excluding hydrogens is 1090 g/mol. The fraction of sp³-hybridized carbons (Fsp3) is 0.791. The molecule has 1 aliphatic heterocycles. The molecule has 33 nitrogen and oxygen atoms in total. The van der Waals surface area contributed by atoms with Gasteiger partial charge >= 0.3 is 36.5 Å². The van der Waals surface area contributed by atoms with Crippen molar-refractivity contribution in [1.82, 2.24) is 31.9 Å². The van der Waals surface area contributed by atoms with Gasteiger partial charge in [0.1, 0.15) is 89.8 Å². The Hall–Kier alpha value is -6.13. The van der Waals surface area contributed by atoms with Crippen molar-refractivity contribution in [3.05, 3.63) is 0 Å². The smallest absolute Gasteiger partial charge is 0.444 e.